The summed E-state index contributed by atoms with van der Waals surface area (Å²) in [5, 5.41) is 0. The van der Waals surface area contributed by atoms with E-state index in [0.717, 1.165) is 18.2 Å². The number of benzene rings is 2. The lowest BCUT2D eigenvalue weighted by atomic mass is 9.76. The van der Waals surface area contributed by atoms with E-state index in [0.29, 0.717) is 36.8 Å². The van der Waals surface area contributed by atoms with Crippen LogP contribution in [0.2, 0.25) is 0 Å². The highest BCUT2D eigenvalue weighted by Crippen LogP contribution is 2.42. The second-order valence-electron chi connectivity index (χ2n) is 6.46. The number of halogens is 6. The van der Waals surface area contributed by atoms with Gasteiger partial charge in [0.2, 0.25) is 0 Å². The van der Waals surface area contributed by atoms with Crippen molar-refractivity contribution in [3.63, 3.8) is 0 Å². The van der Waals surface area contributed by atoms with Crippen LogP contribution >= 0.6 is 0 Å². The van der Waals surface area contributed by atoms with Crippen molar-refractivity contribution in [2.24, 2.45) is 0 Å². The molecule has 0 aliphatic heterocycles. The lowest BCUT2D eigenvalue weighted by Crippen LogP contribution is -2.14. The van der Waals surface area contributed by atoms with E-state index in [-0.39, 0.29) is 11.8 Å². The smallest absolute Gasteiger partial charge is 0.206 e. The van der Waals surface area contributed by atoms with Gasteiger partial charge in [-0.3, -0.25) is 0 Å². The van der Waals surface area contributed by atoms with Crippen LogP contribution in [0.3, 0.4) is 0 Å². The number of rotatable bonds is 2. The molecule has 1 aliphatic carbocycles. The molecule has 6 heteroatoms. The highest BCUT2D eigenvalue weighted by molar-refractivity contribution is 5.31. The molecule has 134 valence electrons. The molecule has 0 aromatic heterocycles. The summed E-state index contributed by atoms with van der Waals surface area (Å²) in [5.74, 6) is -3.11. The molecule has 3 rings (SSSR count). The summed E-state index contributed by atoms with van der Waals surface area (Å²) in [7, 11) is 0. The molecular weight excluding hydrogens is 342 g/mol. The molecule has 0 radical (unpaired) electrons. The van der Waals surface area contributed by atoms with Crippen LogP contribution in [-0.4, -0.2) is 0 Å². The Balaban J connectivity index is 1.73. The van der Waals surface area contributed by atoms with E-state index in [4.69, 9.17) is 0 Å². The highest BCUT2D eigenvalue weighted by Gasteiger charge is 2.35. The van der Waals surface area contributed by atoms with Crippen LogP contribution in [0, 0.1) is 17.5 Å². The molecule has 0 bridgehead atoms. The molecule has 0 atom stereocenters. The van der Waals surface area contributed by atoms with Gasteiger partial charge in [-0.15, -0.1) is 0 Å². The van der Waals surface area contributed by atoms with Crippen molar-refractivity contribution in [1.82, 2.24) is 0 Å². The third-order valence-corrected chi connectivity index (χ3v) is 4.91. The fourth-order valence-corrected chi connectivity index (χ4v) is 3.54. The third kappa shape index (κ3) is 3.83. The fourth-order valence-electron chi connectivity index (χ4n) is 3.54. The Morgan fingerprint density at radius 2 is 1.12 bits per heavy atom. The van der Waals surface area contributed by atoms with E-state index in [1.165, 1.54) is 12.1 Å². The van der Waals surface area contributed by atoms with Crippen LogP contribution < -0.4 is 0 Å². The summed E-state index contributed by atoms with van der Waals surface area (Å²) in [6.07, 6.45) is -2.16. The molecule has 2 aromatic carbocycles. The monoisotopic (exact) mass is 358 g/mol. The molecule has 25 heavy (non-hydrogen) atoms. The van der Waals surface area contributed by atoms with E-state index in [2.05, 4.69) is 0 Å². The first-order valence-corrected chi connectivity index (χ1v) is 8.07. The zero-order valence-corrected chi connectivity index (χ0v) is 13.2. The number of hydrogen-bond donors (Lipinski definition) is 0. The molecule has 0 saturated heterocycles. The van der Waals surface area contributed by atoms with E-state index in [9.17, 15) is 26.3 Å². The quantitative estimate of drug-likeness (QED) is 0.533. The van der Waals surface area contributed by atoms with Crippen molar-refractivity contribution in [1.29, 1.82) is 0 Å². The first-order valence-electron chi connectivity index (χ1n) is 8.07. The van der Waals surface area contributed by atoms with E-state index in [1.807, 2.05) is 0 Å². The molecule has 0 unspecified atom stereocenters. The van der Waals surface area contributed by atoms with Crippen molar-refractivity contribution in [3.8, 4) is 0 Å². The standard InChI is InChI=1S/C19H16F6/c20-16-7-5-13(9-15(16)19(23,24)25)11-1-3-12(4-2-11)14-6-8-17(21)18(22)10-14/h5-12H,1-4H2. The van der Waals surface area contributed by atoms with Crippen molar-refractivity contribution < 1.29 is 26.3 Å². The first kappa shape index (κ1) is 17.8. The number of alkyl halides is 3. The van der Waals surface area contributed by atoms with Crippen LogP contribution in [-0.2, 0) is 6.18 Å². The summed E-state index contributed by atoms with van der Waals surface area (Å²) in [4.78, 5) is 0. The molecule has 0 heterocycles. The predicted molar refractivity (Wildman–Crippen MR) is 81.7 cm³/mol. The first-order chi connectivity index (χ1) is 11.8. The Morgan fingerprint density at radius 1 is 0.640 bits per heavy atom. The van der Waals surface area contributed by atoms with E-state index < -0.39 is 29.2 Å². The van der Waals surface area contributed by atoms with Crippen molar-refractivity contribution >= 4 is 0 Å². The Kier molecular flexibility index (Phi) is 4.80. The summed E-state index contributed by atoms with van der Waals surface area (Å²) in [5.41, 5.74) is -0.0716. The maximum Gasteiger partial charge on any atom is 0.419 e. The zero-order valence-electron chi connectivity index (χ0n) is 13.2. The van der Waals surface area contributed by atoms with Gasteiger partial charge >= 0.3 is 6.18 Å². The van der Waals surface area contributed by atoms with Gasteiger partial charge in [0, 0.05) is 0 Å². The van der Waals surface area contributed by atoms with Gasteiger partial charge in [0.05, 0.1) is 5.56 Å². The fraction of sp³-hybridized carbons (Fsp3) is 0.368. The van der Waals surface area contributed by atoms with Gasteiger partial charge in [-0.2, -0.15) is 13.2 Å². The van der Waals surface area contributed by atoms with Crippen molar-refractivity contribution in [2.45, 2.75) is 43.7 Å². The summed E-state index contributed by atoms with van der Waals surface area (Å²) in [6.45, 7) is 0. The van der Waals surface area contributed by atoms with Crippen LogP contribution in [0.1, 0.15) is 54.2 Å². The second kappa shape index (κ2) is 6.73. The lowest BCUT2D eigenvalue weighted by molar-refractivity contribution is -0.140. The highest BCUT2D eigenvalue weighted by atomic mass is 19.4. The molecular formula is C19H16F6. The summed E-state index contributed by atoms with van der Waals surface area (Å²) >= 11 is 0. The van der Waals surface area contributed by atoms with Gasteiger partial charge < -0.3 is 0 Å². The number of hydrogen-bond acceptors (Lipinski definition) is 0. The van der Waals surface area contributed by atoms with E-state index in [1.54, 1.807) is 6.07 Å². The Hall–Kier alpha value is -1.98. The SMILES string of the molecule is Fc1ccc(C2CCC(c3ccc(F)c(C(F)(F)F)c3)CC2)cc1F. The van der Waals surface area contributed by atoms with Crippen LogP contribution in [0.15, 0.2) is 36.4 Å². The van der Waals surface area contributed by atoms with Gasteiger partial charge in [-0.1, -0.05) is 12.1 Å². The Labute approximate surface area is 141 Å². The van der Waals surface area contributed by atoms with Crippen LogP contribution in [0.25, 0.3) is 0 Å². The van der Waals surface area contributed by atoms with E-state index >= 15 is 0 Å². The lowest BCUT2D eigenvalue weighted by Gasteiger charge is -2.29. The Morgan fingerprint density at radius 3 is 1.60 bits per heavy atom. The minimum absolute atomic E-state index is 0.0499. The van der Waals surface area contributed by atoms with Gasteiger partial charge in [-0.25, -0.2) is 13.2 Å². The molecule has 0 spiro atoms. The molecule has 1 fully saturated rings. The normalized spacial score (nSPS) is 21.4. The minimum Gasteiger partial charge on any atom is -0.206 e. The van der Waals surface area contributed by atoms with Crippen molar-refractivity contribution in [2.75, 3.05) is 0 Å². The third-order valence-electron chi connectivity index (χ3n) is 4.91. The van der Waals surface area contributed by atoms with Gasteiger partial charge in [-0.05, 0) is 72.9 Å². The molecule has 1 aliphatic rings. The largest absolute Gasteiger partial charge is 0.419 e. The average molecular weight is 358 g/mol. The summed E-state index contributed by atoms with van der Waals surface area (Å²) in [6, 6.07) is 6.96. The molecule has 0 nitrogen and oxygen atoms in total. The molecule has 2 aromatic rings. The second-order valence-corrected chi connectivity index (χ2v) is 6.46. The average Bonchev–Trinajstić information content (AvgIpc) is 2.57. The maximum absolute atomic E-state index is 13.4. The van der Waals surface area contributed by atoms with Gasteiger partial charge in [0.1, 0.15) is 5.82 Å². The maximum atomic E-state index is 13.4. The minimum atomic E-state index is -4.72. The van der Waals surface area contributed by atoms with Crippen molar-refractivity contribution in [3.05, 3.63) is 70.5 Å². The topological polar surface area (TPSA) is 0 Å². The predicted octanol–water partition coefficient (Wildman–Crippen LogP) is 6.56. The molecule has 0 amide bonds. The van der Waals surface area contributed by atoms with Crippen LogP contribution in [0.5, 0.6) is 0 Å². The molecule has 0 N–H and O–H groups in total. The van der Waals surface area contributed by atoms with Gasteiger partial charge in [0.25, 0.3) is 0 Å². The van der Waals surface area contributed by atoms with Crippen LogP contribution in [0.4, 0.5) is 26.3 Å². The zero-order chi connectivity index (χ0) is 18.2. The summed E-state index contributed by atoms with van der Waals surface area (Å²) < 4.78 is 78.3. The Bertz CT molecular complexity index is 757. The molecule has 1 saturated carbocycles. The van der Waals surface area contributed by atoms with Gasteiger partial charge in [0.15, 0.2) is 11.6 Å².